The normalized spacial score (nSPS) is 16.3. The van der Waals surface area contributed by atoms with E-state index in [1.807, 2.05) is 24.3 Å². The molecule has 3 nitrogen and oxygen atoms in total. The van der Waals surface area contributed by atoms with Crippen molar-refractivity contribution in [2.45, 2.75) is 0 Å². The van der Waals surface area contributed by atoms with Crippen LogP contribution in [-0.4, -0.2) is 15.3 Å². The first-order chi connectivity index (χ1) is 11.4. The second kappa shape index (κ2) is 7.06. The van der Waals surface area contributed by atoms with Crippen molar-refractivity contribution in [2.24, 2.45) is 0 Å². The van der Waals surface area contributed by atoms with E-state index >= 15 is 0 Å². The fourth-order valence-corrected chi connectivity index (χ4v) is 4.32. The van der Waals surface area contributed by atoms with Gasteiger partial charge in [-0.3, -0.25) is 9.69 Å². The van der Waals surface area contributed by atoms with Crippen LogP contribution in [0.3, 0.4) is 0 Å². The summed E-state index contributed by atoms with van der Waals surface area (Å²) in [6.07, 6.45) is 1.65. The van der Waals surface area contributed by atoms with Crippen LogP contribution in [0.5, 0.6) is 5.75 Å². The minimum Gasteiger partial charge on any atom is -0.505 e. The van der Waals surface area contributed by atoms with Gasteiger partial charge in [0.1, 0.15) is 0 Å². The van der Waals surface area contributed by atoms with Gasteiger partial charge in [-0.1, -0.05) is 69.2 Å². The predicted molar refractivity (Wildman–Crippen MR) is 108 cm³/mol. The molecule has 1 aliphatic rings. The average Bonchev–Trinajstić information content (AvgIpc) is 2.79. The van der Waals surface area contributed by atoms with Crippen LogP contribution in [0.25, 0.3) is 6.08 Å². The molecule has 0 saturated carbocycles. The smallest absolute Gasteiger partial charge is 0.270 e. The van der Waals surface area contributed by atoms with Gasteiger partial charge in [0, 0.05) is 4.47 Å². The molecular formula is C16H8BrCl2NO2S2. The van der Waals surface area contributed by atoms with Crippen molar-refractivity contribution < 1.29 is 9.90 Å². The molecule has 24 heavy (non-hydrogen) atoms. The number of phenols is 1. The molecule has 1 fully saturated rings. The van der Waals surface area contributed by atoms with E-state index in [9.17, 15) is 9.90 Å². The summed E-state index contributed by atoms with van der Waals surface area (Å²) >= 11 is 21.7. The fraction of sp³-hybridized carbons (Fsp3) is 0. The zero-order chi connectivity index (χ0) is 17.4. The maximum Gasteiger partial charge on any atom is 0.270 e. The Kier molecular flexibility index (Phi) is 5.22. The zero-order valence-corrected chi connectivity index (χ0v) is 16.5. The number of halogens is 3. The maximum absolute atomic E-state index is 12.7. The first-order valence-corrected chi connectivity index (χ1v) is 9.35. The van der Waals surface area contributed by atoms with Gasteiger partial charge in [0.2, 0.25) is 0 Å². The monoisotopic (exact) mass is 459 g/mol. The lowest BCUT2D eigenvalue weighted by Crippen LogP contribution is -2.27. The van der Waals surface area contributed by atoms with E-state index in [1.165, 1.54) is 28.8 Å². The number of nitrogens with zero attached hydrogens (tertiary/aromatic N) is 1. The molecule has 0 spiro atoms. The summed E-state index contributed by atoms with van der Waals surface area (Å²) in [5.41, 5.74) is 1.30. The number of hydrogen-bond donors (Lipinski definition) is 1. The van der Waals surface area contributed by atoms with Gasteiger partial charge < -0.3 is 5.11 Å². The lowest BCUT2D eigenvalue weighted by molar-refractivity contribution is -0.113. The van der Waals surface area contributed by atoms with E-state index in [0.717, 1.165) is 4.47 Å². The van der Waals surface area contributed by atoms with Crippen molar-refractivity contribution >= 4 is 85.1 Å². The van der Waals surface area contributed by atoms with E-state index in [1.54, 1.807) is 6.08 Å². The molecule has 1 heterocycles. The minimum atomic E-state index is -0.219. The van der Waals surface area contributed by atoms with Crippen molar-refractivity contribution in [3.63, 3.8) is 0 Å². The van der Waals surface area contributed by atoms with Crippen LogP contribution >= 0.6 is 63.1 Å². The standard InChI is InChI=1S/C16H8BrCl2NO2S2/c17-9-2-1-3-10(7-9)20-15(22)13(24-16(20)23)6-8-4-11(18)14(21)12(19)5-8/h1-7,21H/b13-6-. The molecule has 0 aliphatic carbocycles. The van der Waals surface area contributed by atoms with Gasteiger partial charge in [0.15, 0.2) is 10.1 Å². The summed E-state index contributed by atoms with van der Waals surface area (Å²) in [7, 11) is 0. The SMILES string of the molecule is O=C1/C(=C/c2cc(Cl)c(O)c(Cl)c2)SC(=S)N1c1cccc(Br)c1. The number of benzene rings is 2. The molecule has 122 valence electrons. The number of thiocarbonyl (C=S) groups is 1. The Hall–Kier alpha value is -1.05. The Labute approximate surface area is 166 Å². The molecule has 3 rings (SSSR count). The maximum atomic E-state index is 12.7. The second-order valence-corrected chi connectivity index (χ2v) is 8.24. The van der Waals surface area contributed by atoms with Gasteiger partial charge >= 0.3 is 0 Å². The highest BCUT2D eigenvalue weighted by Crippen LogP contribution is 2.38. The first kappa shape index (κ1) is 17.8. The van der Waals surface area contributed by atoms with Gasteiger partial charge in [-0.2, -0.15) is 0 Å². The fourth-order valence-electron chi connectivity index (χ4n) is 2.13. The Morgan fingerprint density at radius 1 is 1.21 bits per heavy atom. The highest BCUT2D eigenvalue weighted by molar-refractivity contribution is 9.10. The number of amides is 1. The van der Waals surface area contributed by atoms with E-state index in [2.05, 4.69) is 15.9 Å². The largest absolute Gasteiger partial charge is 0.505 e. The van der Waals surface area contributed by atoms with Crippen LogP contribution in [0, 0.1) is 0 Å². The summed E-state index contributed by atoms with van der Waals surface area (Å²) in [4.78, 5) is 14.6. The Morgan fingerprint density at radius 3 is 2.50 bits per heavy atom. The van der Waals surface area contributed by atoms with Crippen molar-refractivity contribution in [3.05, 3.63) is 61.4 Å². The highest BCUT2D eigenvalue weighted by atomic mass is 79.9. The van der Waals surface area contributed by atoms with Crippen molar-refractivity contribution in [2.75, 3.05) is 4.90 Å². The van der Waals surface area contributed by atoms with Gasteiger partial charge in [-0.25, -0.2) is 0 Å². The predicted octanol–water partition coefficient (Wildman–Crippen LogP) is 5.87. The molecule has 0 atom stereocenters. The number of thioether (sulfide) groups is 1. The summed E-state index contributed by atoms with van der Waals surface area (Å²) in [6, 6.07) is 10.4. The Bertz CT molecular complexity index is 878. The van der Waals surface area contributed by atoms with Crippen LogP contribution in [-0.2, 0) is 4.79 Å². The van der Waals surface area contributed by atoms with Crippen LogP contribution in [0.2, 0.25) is 10.0 Å². The second-order valence-electron chi connectivity index (χ2n) is 4.83. The van der Waals surface area contributed by atoms with Crippen molar-refractivity contribution in [1.82, 2.24) is 0 Å². The van der Waals surface area contributed by atoms with E-state index in [4.69, 9.17) is 35.4 Å². The lowest BCUT2D eigenvalue weighted by atomic mass is 10.2. The number of rotatable bonds is 2. The van der Waals surface area contributed by atoms with Gasteiger partial charge in [0.05, 0.1) is 20.6 Å². The Morgan fingerprint density at radius 2 is 1.88 bits per heavy atom. The van der Waals surface area contributed by atoms with E-state index < -0.39 is 0 Å². The average molecular weight is 461 g/mol. The van der Waals surface area contributed by atoms with Gasteiger partial charge in [-0.15, -0.1) is 0 Å². The highest BCUT2D eigenvalue weighted by Gasteiger charge is 2.33. The van der Waals surface area contributed by atoms with Crippen molar-refractivity contribution in [1.29, 1.82) is 0 Å². The molecule has 1 saturated heterocycles. The molecular weight excluding hydrogens is 453 g/mol. The molecule has 1 amide bonds. The summed E-state index contributed by atoms with van der Waals surface area (Å²) in [5.74, 6) is -0.402. The van der Waals surface area contributed by atoms with Crippen LogP contribution in [0.1, 0.15) is 5.56 Å². The molecule has 0 unspecified atom stereocenters. The van der Waals surface area contributed by atoms with Gasteiger partial charge in [-0.05, 0) is 42.0 Å². The summed E-state index contributed by atoms with van der Waals surface area (Å²) < 4.78 is 1.30. The van der Waals surface area contributed by atoms with Crippen LogP contribution < -0.4 is 4.90 Å². The minimum absolute atomic E-state index is 0.121. The molecule has 0 aromatic heterocycles. The number of aromatic hydroxyl groups is 1. The number of phenolic OH excluding ortho intramolecular Hbond substituents is 1. The number of hydrogen-bond acceptors (Lipinski definition) is 4. The van der Waals surface area contributed by atoms with Crippen molar-refractivity contribution in [3.8, 4) is 5.75 Å². The molecule has 2 aromatic rings. The Balaban J connectivity index is 1.97. The molecule has 1 N–H and O–H groups in total. The third-order valence-electron chi connectivity index (χ3n) is 3.20. The molecule has 0 bridgehead atoms. The first-order valence-electron chi connectivity index (χ1n) is 6.58. The van der Waals surface area contributed by atoms with Crippen LogP contribution in [0.15, 0.2) is 45.8 Å². The third kappa shape index (κ3) is 3.48. The van der Waals surface area contributed by atoms with E-state index in [0.29, 0.717) is 20.5 Å². The summed E-state index contributed by atoms with van der Waals surface area (Å²) in [6.45, 7) is 0. The van der Waals surface area contributed by atoms with Crippen LogP contribution in [0.4, 0.5) is 5.69 Å². The molecule has 1 aliphatic heterocycles. The third-order valence-corrected chi connectivity index (χ3v) is 5.57. The lowest BCUT2D eigenvalue weighted by Gasteiger charge is -2.14. The molecule has 8 heteroatoms. The summed E-state index contributed by atoms with van der Waals surface area (Å²) in [5, 5.41) is 9.86. The number of carbonyl (C=O) groups is 1. The van der Waals surface area contributed by atoms with Gasteiger partial charge in [0.25, 0.3) is 5.91 Å². The zero-order valence-electron chi connectivity index (χ0n) is 11.8. The quantitative estimate of drug-likeness (QED) is 0.449. The topological polar surface area (TPSA) is 40.5 Å². The van der Waals surface area contributed by atoms with E-state index in [-0.39, 0.29) is 21.7 Å². The molecule has 2 aromatic carbocycles. The number of carbonyl (C=O) groups excluding carboxylic acids is 1. The number of anilines is 1. The molecule has 0 radical (unpaired) electrons.